The van der Waals surface area contributed by atoms with Gasteiger partial charge in [0.1, 0.15) is 0 Å². The van der Waals surface area contributed by atoms with Crippen molar-refractivity contribution >= 4 is 30.3 Å². The summed E-state index contributed by atoms with van der Waals surface area (Å²) in [5, 5.41) is 0.402. The molecule has 2 heterocycles. The predicted molar refractivity (Wildman–Crippen MR) is 43.4 cm³/mol. The van der Waals surface area contributed by atoms with Crippen molar-refractivity contribution < 1.29 is 4.79 Å². The van der Waals surface area contributed by atoms with Gasteiger partial charge in [0.15, 0.2) is 0 Å². The zero-order valence-electron chi connectivity index (χ0n) is 5.24. The van der Waals surface area contributed by atoms with Crippen LogP contribution in [0.1, 0.15) is 6.42 Å². The number of carbonyl (C=O) groups is 1. The molecule has 2 aliphatic heterocycles. The van der Waals surface area contributed by atoms with Gasteiger partial charge >= 0.3 is 0 Å². The minimum absolute atomic E-state index is 0.208. The average Bonchev–Trinajstić information content (AvgIpc) is 1.92. The lowest BCUT2D eigenvalue weighted by atomic mass is 10.2. The van der Waals surface area contributed by atoms with E-state index in [0.29, 0.717) is 11.8 Å². The molecule has 0 N–H and O–H groups in total. The fourth-order valence-corrected chi connectivity index (χ4v) is 2.41. The normalized spacial score (nSPS) is 30.8. The van der Waals surface area contributed by atoms with Gasteiger partial charge in [0.2, 0.25) is 5.91 Å². The molecule has 1 saturated heterocycles. The Bertz CT molecular complexity index is 214. The molecule has 1 fully saturated rings. The molecule has 0 spiro atoms. The summed E-state index contributed by atoms with van der Waals surface area (Å²) in [7, 11) is 0. The highest BCUT2D eigenvalue weighted by Gasteiger charge is 2.37. The van der Waals surface area contributed by atoms with E-state index in [9.17, 15) is 4.79 Å². The zero-order chi connectivity index (χ0) is 7.14. The van der Waals surface area contributed by atoms with Crippen LogP contribution in [0.4, 0.5) is 0 Å². The quantitative estimate of drug-likeness (QED) is 0.514. The van der Waals surface area contributed by atoms with Gasteiger partial charge in [0.05, 0.1) is 11.8 Å². The van der Waals surface area contributed by atoms with E-state index in [1.165, 1.54) is 0 Å². The fraction of sp³-hybridized carbons (Fsp3) is 0.500. The van der Waals surface area contributed by atoms with Crippen LogP contribution in [0.5, 0.6) is 0 Å². The van der Waals surface area contributed by atoms with Crippen molar-refractivity contribution in [2.75, 3.05) is 5.75 Å². The van der Waals surface area contributed by atoms with E-state index in [0.717, 1.165) is 10.7 Å². The molecule has 2 rings (SSSR count). The number of thioether (sulfide) groups is 1. The summed E-state index contributed by atoms with van der Waals surface area (Å²) in [5.41, 5.74) is 0. The third kappa shape index (κ3) is 0.828. The second kappa shape index (κ2) is 2.13. The molecule has 1 atom stereocenters. The van der Waals surface area contributed by atoms with Crippen LogP contribution >= 0.6 is 24.4 Å². The van der Waals surface area contributed by atoms with Crippen LogP contribution in [0.3, 0.4) is 0 Å². The number of fused-ring (bicyclic) bond motifs is 1. The van der Waals surface area contributed by atoms with E-state index in [1.54, 1.807) is 22.9 Å². The molecule has 2 aliphatic rings. The summed E-state index contributed by atoms with van der Waals surface area (Å²) in [6.45, 7) is 0. The maximum atomic E-state index is 10.8. The maximum absolute atomic E-state index is 10.8. The number of carbonyl (C=O) groups excluding carboxylic acids is 1. The Morgan fingerprint density at radius 3 is 3.20 bits per heavy atom. The second-order valence-corrected chi connectivity index (χ2v) is 4.06. The molecule has 4 heteroatoms. The molecule has 0 aromatic carbocycles. The molecule has 0 aromatic heterocycles. The molecule has 10 heavy (non-hydrogen) atoms. The van der Waals surface area contributed by atoms with E-state index in [-0.39, 0.29) is 5.91 Å². The van der Waals surface area contributed by atoms with Crippen LogP contribution in [-0.4, -0.2) is 21.9 Å². The number of rotatable bonds is 0. The van der Waals surface area contributed by atoms with Crippen LogP contribution in [0.15, 0.2) is 11.1 Å². The van der Waals surface area contributed by atoms with Crippen molar-refractivity contribution in [2.24, 2.45) is 0 Å². The monoisotopic (exact) mass is 172 g/mol. The van der Waals surface area contributed by atoms with E-state index in [2.05, 4.69) is 0 Å². The van der Waals surface area contributed by atoms with Crippen molar-refractivity contribution in [3.8, 4) is 0 Å². The first kappa shape index (κ1) is 6.49. The van der Waals surface area contributed by atoms with Crippen LogP contribution in [0.2, 0.25) is 0 Å². The first-order chi connectivity index (χ1) is 4.77. The smallest absolute Gasteiger partial charge is 0.230 e. The predicted octanol–water partition coefficient (Wildman–Crippen LogP) is 1.33. The Morgan fingerprint density at radius 1 is 1.80 bits per heavy atom. The number of amides is 1. The molecule has 2 nitrogen and oxygen atoms in total. The van der Waals surface area contributed by atoms with Gasteiger partial charge in [-0.25, -0.2) is 0 Å². The Kier molecular flexibility index (Phi) is 1.38. The lowest BCUT2D eigenvalue weighted by Crippen LogP contribution is -2.48. The van der Waals surface area contributed by atoms with Gasteiger partial charge in [0.25, 0.3) is 0 Å². The summed E-state index contributed by atoms with van der Waals surface area (Å²) in [6.07, 6.45) is 2.49. The van der Waals surface area contributed by atoms with Gasteiger partial charge in [-0.15, -0.1) is 11.8 Å². The highest BCUT2D eigenvalue weighted by Crippen LogP contribution is 2.36. The first-order valence-corrected chi connectivity index (χ1v) is 4.53. The van der Waals surface area contributed by atoms with Gasteiger partial charge in [0, 0.05) is 16.9 Å². The van der Waals surface area contributed by atoms with Crippen LogP contribution in [0, 0.1) is 0 Å². The average molecular weight is 172 g/mol. The minimum atomic E-state index is 0.208. The van der Waals surface area contributed by atoms with E-state index < -0.39 is 0 Å². The molecule has 0 bridgehead atoms. The molecule has 1 amide bonds. The molecule has 0 unspecified atom stereocenters. The summed E-state index contributed by atoms with van der Waals surface area (Å²) >= 11 is 6.71. The zero-order valence-corrected chi connectivity index (χ0v) is 6.87. The van der Waals surface area contributed by atoms with Crippen molar-refractivity contribution in [1.29, 1.82) is 0 Å². The second-order valence-electron chi connectivity index (χ2n) is 2.37. The lowest BCUT2D eigenvalue weighted by Gasteiger charge is -2.40. The van der Waals surface area contributed by atoms with Gasteiger partial charge in [-0.05, 0) is 0 Å². The standard InChI is InChI=1S/C6H6NOS2/c8-5-1-6-7(5)2-4(9)3-10-6/h2,6H,1,3H2/t6-/m0/s1. The topological polar surface area (TPSA) is 20.3 Å². The molecular weight excluding hydrogens is 166 g/mol. The number of hydrogen-bond donors (Lipinski definition) is 0. The van der Waals surface area contributed by atoms with Crippen molar-refractivity contribution in [1.82, 2.24) is 4.90 Å². The van der Waals surface area contributed by atoms with Crippen molar-refractivity contribution in [3.63, 3.8) is 0 Å². The highest BCUT2D eigenvalue weighted by molar-refractivity contribution is 8.01. The van der Waals surface area contributed by atoms with Crippen LogP contribution in [-0.2, 0) is 4.79 Å². The highest BCUT2D eigenvalue weighted by atomic mass is 32.2. The van der Waals surface area contributed by atoms with Gasteiger partial charge < -0.3 is 4.90 Å². The maximum Gasteiger partial charge on any atom is 0.230 e. The van der Waals surface area contributed by atoms with Crippen LogP contribution in [0.25, 0.3) is 0 Å². The molecular formula is C6H6NOS2. The number of β-lactam (4-membered cyclic amide) rings is 1. The van der Waals surface area contributed by atoms with Crippen molar-refractivity contribution in [3.05, 3.63) is 11.1 Å². The number of hydrogen-bond acceptors (Lipinski definition) is 2. The molecule has 0 saturated carbocycles. The molecule has 53 valence electrons. The number of nitrogens with zero attached hydrogens (tertiary/aromatic N) is 1. The molecule has 1 radical (unpaired) electrons. The van der Waals surface area contributed by atoms with E-state index in [1.807, 2.05) is 0 Å². The summed E-state index contributed by atoms with van der Waals surface area (Å²) < 4.78 is 0. The van der Waals surface area contributed by atoms with Crippen LogP contribution < -0.4 is 0 Å². The molecule has 0 aromatic rings. The Hall–Kier alpha value is -0.220. The lowest BCUT2D eigenvalue weighted by molar-refractivity contribution is -0.137. The van der Waals surface area contributed by atoms with E-state index in [4.69, 9.17) is 12.6 Å². The first-order valence-electron chi connectivity index (χ1n) is 3.08. The minimum Gasteiger partial charge on any atom is -0.305 e. The van der Waals surface area contributed by atoms with Crippen molar-refractivity contribution in [2.45, 2.75) is 11.8 Å². The largest absolute Gasteiger partial charge is 0.305 e. The third-order valence-electron chi connectivity index (χ3n) is 1.65. The van der Waals surface area contributed by atoms with Gasteiger partial charge in [-0.1, -0.05) is 12.6 Å². The van der Waals surface area contributed by atoms with Gasteiger partial charge in [-0.3, -0.25) is 4.79 Å². The Morgan fingerprint density at radius 2 is 2.60 bits per heavy atom. The van der Waals surface area contributed by atoms with E-state index >= 15 is 0 Å². The summed E-state index contributed by atoms with van der Waals surface area (Å²) in [6, 6.07) is 0. The SMILES string of the molecule is O=C1C[C@@H]2SCC([S])=CN12. The Labute approximate surface area is 69.1 Å². The van der Waals surface area contributed by atoms with Gasteiger partial charge in [-0.2, -0.15) is 0 Å². The fourth-order valence-electron chi connectivity index (χ4n) is 1.07. The third-order valence-corrected chi connectivity index (χ3v) is 3.34. The Balaban J connectivity index is 2.18. The summed E-state index contributed by atoms with van der Waals surface area (Å²) in [5.74, 6) is 1.11. The molecule has 0 aliphatic carbocycles. The summed E-state index contributed by atoms with van der Waals surface area (Å²) in [4.78, 5) is 13.4.